The molecule has 0 atom stereocenters. The van der Waals surface area contributed by atoms with Gasteiger partial charge >= 0.3 is 0 Å². The Morgan fingerprint density at radius 3 is 2.00 bits per heavy atom. The lowest BCUT2D eigenvalue weighted by molar-refractivity contribution is 0.0579. The van der Waals surface area contributed by atoms with Gasteiger partial charge in [-0.05, 0) is 81.1 Å². The van der Waals surface area contributed by atoms with E-state index >= 15 is 0 Å². The van der Waals surface area contributed by atoms with Gasteiger partial charge in [0.25, 0.3) is 23.6 Å². The van der Waals surface area contributed by atoms with Gasteiger partial charge in [-0.2, -0.15) is 0 Å². The van der Waals surface area contributed by atoms with Gasteiger partial charge in [0.05, 0.1) is 12.0 Å². The van der Waals surface area contributed by atoms with Gasteiger partial charge in [0.15, 0.2) is 0 Å². The first-order valence-corrected chi connectivity index (χ1v) is 17.2. The Labute approximate surface area is 290 Å². The summed E-state index contributed by atoms with van der Waals surface area (Å²) in [7, 11) is 0. The summed E-state index contributed by atoms with van der Waals surface area (Å²) in [4.78, 5) is 63.1. The van der Waals surface area contributed by atoms with Crippen LogP contribution in [0.5, 0.6) is 0 Å². The van der Waals surface area contributed by atoms with Crippen LogP contribution in [0.4, 0.5) is 0 Å². The number of imide groups is 2. The number of nitrogens with zero attached hydrogens (tertiary/aromatic N) is 5. The first-order valence-electron chi connectivity index (χ1n) is 17.2. The van der Waals surface area contributed by atoms with E-state index in [1.807, 2.05) is 47.2 Å². The summed E-state index contributed by atoms with van der Waals surface area (Å²) in [6, 6.07) is 18.6. The molecule has 0 saturated carbocycles. The highest BCUT2D eigenvalue weighted by Crippen LogP contribution is 2.34. The fourth-order valence-electron chi connectivity index (χ4n) is 7.29. The molecule has 11 nitrogen and oxygen atoms in total. The highest BCUT2D eigenvalue weighted by atomic mass is 16.3. The number of aliphatic hydroxyl groups is 1. The Balaban J connectivity index is 0.932. The van der Waals surface area contributed by atoms with Gasteiger partial charge in [-0.3, -0.25) is 33.9 Å². The van der Waals surface area contributed by atoms with Crippen molar-refractivity contribution in [2.45, 2.75) is 32.7 Å². The molecular formula is C39H40N6O5. The molecule has 2 aliphatic rings. The molecule has 5 aromatic rings. The summed E-state index contributed by atoms with van der Waals surface area (Å²) in [5.41, 5.74) is 3.84. The summed E-state index contributed by atoms with van der Waals surface area (Å²) in [5, 5.41) is 15.8. The topological polar surface area (TPSA) is 128 Å². The third-order valence-corrected chi connectivity index (χ3v) is 9.87. The van der Waals surface area contributed by atoms with Crippen molar-refractivity contribution in [3.63, 3.8) is 0 Å². The van der Waals surface area contributed by atoms with Crippen molar-refractivity contribution in [1.82, 2.24) is 29.6 Å². The number of rotatable bonds is 14. The number of imidazole rings is 1. The van der Waals surface area contributed by atoms with Crippen LogP contribution >= 0.6 is 0 Å². The third-order valence-electron chi connectivity index (χ3n) is 9.87. The maximum atomic E-state index is 13.7. The molecule has 256 valence electrons. The lowest BCUT2D eigenvalue weighted by atomic mass is 9.90. The minimum Gasteiger partial charge on any atom is -0.396 e. The molecule has 2 N–H and O–H groups in total. The van der Waals surface area contributed by atoms with E-state index in [2.05, 4.69) is 29.0 Å². The first-order chi connectivity index (χ1) is 24.3. The lowest BCUT2D eigenvalue weighted by Crippen LogP contribution is -2.46. The van der Waals surface area contributed by atoms with E-state index in [-0.39, 0.29) is 49.4 Å². The highest BCUT2D eigenvalue weighted by molar-refractivity contribution is 6.27. The SMILES string of the molecule is CC(C)N(CCCNCCN1C(=O)c2cccc3c(CCO)ccc(c23)C1=O)CCN1C(=O)c2cccc3c(-n4ccnc4)ccc(c23)C1=O. The Bertz CT molecular complexity index is 2080. The second-order valence-corrected chi connectivity index (χ2v) is 13.1. The largest absolute Gasteiger partial charge is 0.396 e. The number of carbonyl (C=O) groups is 4. The van der Waals surface area contributed by atoms with Gasteiger partial charge in [0.2, 0.25) is 0 Å². The zero-order valence-corrected chi connectivity index (χ0v) is 28.3. The molecule has 3 heterocycles. The van der Waals surface area contributed by atoms with E-state index in [1.54, 1.807) is 36.8 Å². The zero-order chi connectivity index (χ0) is 34.9. The maximum Gasteiger partial charge on any atom is 0.261 e. The van der Waals surface area contributed by atoms with Gasteiger partial charge < -0.3 is 15.0 Å². The number of carbonyl (C=O) groups excluding carboxylic acids is 4. The minimum absolute atomic E-state index is 0.00753. The average Bonchev–Trinajstić information content (AvgIpc) is 3.66. The van der Waals surface area contributed by atoms with E-state index in [0.717, 1.165) is 35.0 Å². The lowest BCUT2D eigenvalue weighted by Gasteiger charge is -2.32. The second kappa shape index (κ2) is 13.9. The van der Waals surface area contributed by atoms with Crippen LogP contribution in [0.25, 0.3) is 27.2 Å². The van der Waals surface area contributed by atoms with Crippen LogP contribution in [0, 0.1) is 0 Å². The van der Waals surface area contributed by atoms with Crippen LogP contribution in [-0.2, 0) is 6.42 Å². The molecule has 7 rings (SSSR count). The molecule has 0 saturated heterocycles. The van der Waals surface area contributed by atoms with Crippen LogP contribution in [0.3, 0.4) is 0 Å². The predicted molar refractivity (Wildman–Crippen MR) is 191 cm³/mol. The number of aromatic nitrogens is 2. The van der Waals surface area contributed by atoms with Crippen molar-refractivity contribution in [3.05, 3.63) is 107 Å². The summed E-state index contributed by atoms with van der Waals surface area (Å²) in [6.45, 7) is 7.12. The number of amides is 4. The minimum atomic E-state index is -0.304. The Hall–Kier alpha value is -5.23. The average molecular weight is 673 g/mol. The van der Waals surface area contributed by atoms with Crippen molar-refractivity contribution in [2.75, 3.05) is 45.9 Å². The zero-order valence-electron chi connectivity index (χ0n) is 28.3. The molecule has 0 fully saturated rings. The highest BCUT2D eigenvalue weighted by Gasteiger charge is 2.34. The number of hydrogen-bond acceptors (Lipinski definition) is 8. The molecule has 0 aliphatic carbocycles. The summed E-state index contributed by atoms with van der Waals surface area (Å²) in [5.74, 6) is -1.18. The van der Waals surface area contributed by atoms with E-state index < -0.39 is 0 Å². The molecule has 2 aliphatic heterocycles. The summed E-state index contributed by atoms with van der Waals surface area (Å²) in [6.07, 6.45) is 6.49. The van der Waals surface area contributed by atoms with Gasteiger partial charge in [0.1, 0.15) is 0 Å². The Morgan fingerprint density at radius 2 is 1.36 bits per heavy atom. The van der Waals surface area contributed by atoms with Gasteiger partial charge in [-0.15, -0.1) is 0 Å². The Kier molecular flexibility index (Phi) is 9.28. The normalized spacial score (nSPS) is 14.3. The molecular weight excluding hydrogens is 632 g/mol. The van der Waals surface area contributed by atoms with Gasteiger partial charge in [-0.25, -0.2) is 4.98 Å². The first kappa shape index (κ1) is 33.3. The van der Waals surface area contributed by atoms with E-state index in [9.17, 15) is 24.3 Å². The molecule has 0 bridgehead atoms. The van der Waals surface area contributed by atoms with Crippen LogP contribution in [0.2, 0.25) is 0 Å². The summed E-state index contributed by atoms with van der Waals surface area (Å²) >= 11 is 0. The van der Waals surface area contributed by atoms with Gasteiger partial charge in [-0.1, -0.05) is 30.3 Å². The molecule has 0 radical (unpaired) electrons. The van der Waals surface area contributed by atoms with E-state index in [4.69, 9.17) is 0 Å². The van der Waals surface area contributed by atoms with E-state index in [1.165, 1.54) is 9.80 Å². The smallest absolute Gasteiger partial charge is 0.261 e. The fraction of sp³-hybridized carbons (Fsp3) is 0.308. The standard InChI is InChI=1S/C39H40N6O5/c1-25(2)42(21-22-45-37(48)30-9-4-7-28-33(43-19-16-41-24-43)13-12-32(35(28)30)39(45)50)18-5-15-40-17-20-44-36(47)29-8-3-6-27-26(14-23-46)10-11-31(34(27)29)38(44)49/h3-4,6-13,16,19,24-25,40,46H,5,14-15,17-18,20-23H2,1-2H3. The third kappa shape index (κ3) is 5.87. The van der Waals surface area contributed by atoms with Crippen LogP contribution in [0.1, 0.15) is 67.3 Å². The van der Waals surface area contributed by atoms with Crippen molar-refractivity contribution in [1.29, 1.82) is 0 Å². The maximum absolute atomic E-state index is 13.7. The number of hydrogen-bond donors (Lipinski definition) is 2. The van der Waals surface area contributed by atoms with Crippen molar-refractivity contribution >= 4 is 45.2 Å². The van der Waals surface area contributed by atoms with Crippen LogP contribution < -0.4 is 5.32 Å². The molecule has 0 spiro atoms. The number of benzene rings is 4. The van der Waals surface area contributed by atoms with Crippen molar-refractivity contribution < 1.29 is 24.3 Å². The van der Waals surface area contributed by atoms with E-state index in [0.29, 0.717) is 59.1 Å². The van der Waals surface area contributed by atoms with Crippen molar-refractivity contribution in [3.8, 4) is 5.69 Å². The molecule has 4 aromatic carbocycles. The quantitative estimate of drug-likeness (QED) is 0.132. The predicted octanol–water partition coefficient (Wildman–Crippen LogP) is 4.30. The number of aliphatic hydroxyl groups excluding tert-OH is 1. The van der Waals surface area contributed by atoms with Gasteiger partial charge in [0, 0.05) is 89.6 Å². The van der Waals surface area contributed by atoms with Crippen molar-refractivity contribution in [2.24, 2.45) is 0 Å². The number of nitrogens with one attached hydrogen (secondary N) is 1. The fourth-order valence-corrected chi connectivity index (χ4v) is 7.29. The molecule has 4 amide bonds. The second-order valence-electron chi connectivity index (χ2n) is 13.1. The van der Waals surface area contributed by atoms with Crippen LogP contribution in [0.15, 0.2) is 79.4 Å². The molecule has 11 heteroatoms. The molecule has 50 heavy (non-hydrogen) atoms. The molecule has 0 unspecified atom stereocenters. The summed E-state index contributed by atoms with van der Waals surface area (Å²) < 4.78 is 1.88. The molecule has 1 aromatic heterocycles. The van der Waals surface area contributed by atoms with Crippen LogP contribution in [-0.4, -0.2) is 105 Å². The monoisotopic (exact) mass is 672 g/mol. The Morgan fingerprint density at radius 1 is 0.740 bits per heavy atom.